The third-order valence-corrected chi connectivity index (χ3v) is 5.06. The van der Waals surface area contributed by atoms with Crippen LogP contribution in [0.25, 0.3) is 0 Å². The monoisotopic (exact) mass is 256 g/mol. The molecule has 0 N–H and O–H groups in total. The van der Waals surface area contributed by atoms with Crippen molar-refractivity contribution in [1.82, 2.24) is 0 Å². The predicted molar refractivity (Wildman–Crippen MR) is 69.5 cm³/mol. The lowest BCUT2D eigenvalue weighted by atomic mass is 9.80. The standard InChI is InChI=1S/C13H17ClOS/c1-8-3-5-10(6-4-8)12(15)11-7-9(2)13(14)16-11/h7-8,10H,3-6H2,1-2H3. The molecular weight excluding hydrogens is 240 g/mol. The van der Waals surface area contributed by atoms with Crippen LogP contribution in [0.3, 0.4) is 0 Å². The van der Waals surface area contributed by atoms with Crippen molar-refractivity contribution in [3.8, 4) is 0 Å². The number of aryl methyl sites for hydroxylation is 1. The molecule has 0 spiro atoms. The number of hydrogen-bond acceptors (Lipinski definition) is 2. The number of thiophene rings is 1. The Balaban J connectivity index is 2.07. The molecule has 0 saturated heterocycles. The molecule has 1 nitrogen and oxygen atoms in total. The van der Waals surface area contributed by atoms with Gasteiger partial charge >= 0.3 is 0 Å². The highest BCUT2D eigenvalue weighted by atomic mass is 35.5. The summed E-state index contributed by atoms with van der Waals surface area (Å²) in [5.74, 6) is 1.34. The number of hydrogen-bond donors (Lipinski definition) is 0. The summed E-state index contributed by atoms with van der Waals surface area (Å²) >= 11 is 7.43. The Morgan fingerprint density at radius 1 is 1.38 bits per heavy atom. The van der Waals surface area contributed by atoms with Gasteiger partial charge in [0.15, 0.2) is 5.78 Å². The Kier molecular flexibility index (Phi) is 3.70. The van der Waals surface area contributed by atoms with Gasteiger partial charge < -0.3 is 0 Å². The average molecular weight is 257 g/mol. The van der Waals surface area contributed by atoms with E-state index >= 15 is 0 Å². The Labute approximate surface area is 106 Å². The van der Waals surface area contributed by atoms with Crippen LogP contribution in [0, 0.1) is 18.8 Å². The normalized spacial score (nSPS) is 25.7. The van der Waals surface area contributed by atoms with E-state index in [-0.39, 0.29) is 5.92 Å². The van der Waals surface area contributed by atoms with Gasteiger partial charge in [-0.3, -0.25) is 4.79 Å². The second-order valence-corrected chi connectivity index (χ2v) is 6.54. The second kappa shape index (κ2) is 4.89. The van der Waals surface area contributed by atoms with Gasteiger partial charge in [-0.25, -0.2) is 0 Å². The highest BCUT2D eigenvalue weighted by Crippen LogP contribution is 2.34. The molecule has 0 unspecified atom stereocenters. The zero-order valence-corrected chi connectivity index (χ0v) is 11.3. The number of ketones is 1. The Bertz CT molecular complexity index is 369. The van der Waals surface area contributed by atoms with Crippen molar-refractivity contribution in [2.45, 2.75) is 39.5 Å². The summed E-state index contributed by atoms with van der Waals surface area (Å²) in [6.45, 7) is 4.23. The van der Waals surface area contributed by atoms with E-state index < -0.39 is 0 Å². The SMILES string of the molecule is Cc1cc(C(=O)C2CCC(C)CC2)sc1Cl. The largest absolute Gasteiger partial charge is 0.293 e. The summed E-state index contributed by atoms with van der Waals surface area (Å²) in [7, 11) is 0. The van der Waals surface area contributed by atoms with Crippen LogP contribution >= 0.6 is 22.9 Å². The van der Waals surface area contributed by atoms with Gasteiger partial charge in [0, 0.05) is 5.92 Å². The minimum absolute atomic E-state index is 0.241. The first-order chi connectivity index (χ1) is 7.58. The quantitative estimate of drug-likeness (QED) is 0.700. The van der Waals surface area contributed by atoms with E-state index in [0.29, 0.717) is 5.78 Å². The number of Topliss-reactive ketones (excluding diaryl/α,β-unsaturated/α-hetero) is 1. The van der Waals surface area contributed by atoms with Gasteiger partial charge in [0.25, 0.3) is 0 Å². The van der Waals surface area contributed by atoms with Crippen molar-refractivity contribution in [2.75, 3.05) is 0 Å². The smallest absolute Gasteiger partial charge is 0.175 e. The molecule has 0 radical (unpaired) electrons. The van der Waals surface area contributed by atoms with Gasteiger partial charge in [-0.1, -0.05) is 31.4 Å². The lowest BCUT2D eigenvalue weighted by molar-refractivity contribution is 0.0880. The first kappa shape index (κ1) is 12.1. The predicted octanol–water partition coefficient (Wildman–Crippen LogP) is 4.72. The fourth-order valence-electron chi connectivity index (χ4n) is 2.30. The average Bonchev–Trinajstić information content (AvgIpc) is 2.59. The third kappa shape index (κ3) is 2.49. The van der Waals surface area contributed by atoms with Crippen molar-refractivity contribution in [3.05, 3.63) is 20.8 Å². The highest BCUT2D eigenvalue weighted by Gasteiger charge is 2.26. The van der Waals surface area contributed by atoms with Crippen molar-refractivity contribution in [1.29, 1.82) is 0 Å². The molecule has 2 rings (SSSR count). The van der Waals surface area contributed by atoms with Crippen LogP contribution in [0.5, 0.6) is 0 Å². The van der Waals surface area contributed by atoms with E-state index in [4.69, 9.17) is 11.6 Å². The number of carbonyl (C=O) groups excluding carboxylic acids is 1. The van der Waals surface area contributed by atoms with E-state index in [1.54, 1.807) is 0 Å². The molecule has 0 aromatic carbocycles. The van der Waals surface area contributed by atoms with E-state index in [1.165, 1.54) is 24.2 Å². The molecule has 1 aliphatic rings. The van der Waals surface area contributed by atoms with Crippen molar-refractivity contribution in [3.63, 3.8) is 0 Å². The lowest BCUT2D eigenvalue weighted by Gasteiger charge is -2.24. The highest BCUT2D eigenvalue weighted by molar-refractivity contribution is 7.18. The van der Waals surface area contributed by atoms with Gasteiger partial charge in [0.05, 0.1) is 9.21 Å². The summed E-state index contributed by atoms with van der Waals surface area (Å²) in [4.78, 5) is 13.1. The minimum Gasteiger partial charge on any atom is -0.293 e. The molecule has 0 atom stereocenters. The summed E-state index contributed by atoms with van der Waals surface area (Å²) in [6, 6.07) is 1.94. The topological polar surface area (TPSA) is 17.1 Å². The Morgan fingerprint density at radius 2 is 2.00 bits per heavy atom. The van der Waals surface area contributed by atoms with Crippen LogP contribution in [0.4, 0.5) is 0 Å². The first-order valence-electron chi connectivity index (χ1n) is 5.88. The van der Waals surface area contributed by atoms with E-state index in [0.717, 1.165) is 33.5 Å². The summed E-state index contributed by atoms with van der Waals surface area (Å²) in [5, 5.41) is 0. The zero-order valence-electron chi connectivity index (χ0n) is 9.75. The van der Waals surface area contributed by atoms with E-state index in [2.05, 4.69) is 6.92 Å². The second-order valence-electron chi connectivity index (χ2n) is 4.89. The molecule has 0 bridgehead atoms. The maximum absolute atomic E-state index is 12.2. The molecule has 0 amide bonds. The Hall–Kier alpha value is -0.340. The molecule has 3 heteroatoms. The third-order valence-electron chi connectivity index (χ3n) is 3.49. The van der Waals surface area contributed by atoms with Crippen LogP contribution in [0.1, 0.15) is 47.8 Å². The van der Waals surface area contributed by atoms with Crippen LogP contribution in [-0.4, -0.2) is 5.78 Å². The summed E-state index contributed by atoms with van der Waals surface area (Å²) in [5.41, 5.74) is 1.03. The molecule has 1 aromatic heterocycles. The maximum atomic E-state index is 12.2. The van der Waals surface area contributed by atoms with Crippen LogP contribution in [0.15, 0.2) is 6.07 Å². The van der Waals surface area contributed by atoms with Crippen LogP contribution in [-0.2, 0) is 0 Å². The lowest BCUT2D eigenvalue weighted by Crippen LogP contribution is -2.20. The fraction of sp³-hybridized carbons (Fsp3) is 0.615. The Morgan fingerprint density at radius 3 is 2.50 bits per heavy atom. The van der Waals surface area contributed by atoms with Gasteiger partial charge in [0.1, 0.15) is 0 Å². The molecule has 16 heavy (non-hydrogen) atoms. The molecule has 1 heterocycles. The molecule has 1 aromatic rings. The van der Waals surface area contributed by atoms with E-state index in [1.807, 2.05) is 13.0 Å². The van der Waals surface area contributed by atoms with Crippen LogP contribution in [0.2, 0.25) is 4.34 Å². The summed E-state index contributed by atoms with van der Waals surface area (Å²) in [6.07, 6.45) is 4.48. The van der Waals surface area contributed by atoms with Gasteiger partial charge in [-0.15, -0.1) is 11.3 Å². The molecule has 1 aliphatic carbocycles. The van der Waals surface area contributed by atoms with Gasteiger partial charge in [0.2, 0.25) is 0 Å². The number of halogens is 1. The molecule has 1 fully saturated rings. The van der Waals surface area contributed by atoms with Crippen molar-refractivity contribution in [2.24, 2.45) is 11.8 Å². The van der Waals surface area contributed by atoms with Crippen LogP contribution < -0.4 is 0 Å². The maximum Gasteiger partial charge on any atom is 0.175 e. The molecule has 0 aliphatic heterocycles. The number of rotatable bonds is 2. The minimum atomic E-state index is 0.241. The van der Waals surface area contributed by atoms with Gasteiger partial charge in [-0.05, 0) is 37.3 Å². The van der Waals surface area contributed by atoms with Gasteiger partial charge in [-0.2, -0.15) is 0 Å². The molecule has 88 valence electrons. The van der Waals surface area contributed by atoms with Crippen molar-refractivity contribution < 1.29 is 4.79 Å². The number of carbonyl (C=O) groups is 1. The first-order valence-corrected chi connectivity index (χ1v) is 7.07. The molecular formula is C13H17ClOS. The van der Waals surface area contributed by atoms with Crippen molar-refractivity contribution >= 4 is 28.7 Å². The summed E-state index contributed by atoms with van der Waals surface area (Å²) < 4.78 is 0.757. The molecule has 1 saturated carbocycles. The van der Waals surface area contributed by atoms with E-state index in [9.17, 15) is 4.79 Å². The zero-order chi connectivity index (χ0) is 11.7. The fourth-order valence-corrected chi connectivity index (χ4v) is 3.52.